The molecule has 0 bridgehead atoms. The van der Waals surface area contributed by atoms with Gasteiger partial charge in [0.1, 0.15) is 5.82 Å². The van der Waals surface area contributed by atoms with Gasteiger partial charge in [-0.1, -0.05) is 0 Å². The molecule has 0 amide bonds. The Labute approximate surface area is 113 Å². The van der Waals surface area contributed by atoms with Crippen LogP contribution >= 0.6 is 0 Å². The number of nitrogens with zero attached hydrogens (tertiary/aromatic N) is 2. The highest BCUT2D eigenvalue weighted by atomic mass is 32.2. The number of ether oxygens (including phenoxy) is 1. The molecule has 0 spiro atoms. The van der Waals surface area contributed by atoms with Gasteiger partial charge in [-0.25, -0.2) is 23.1 Å². The minimum Gasteiger partial charge on any atom is -0.381 e. The summed E-state index contributed by atoms with van der Waals surface area (Å²) in [5.41, 5.74) is 0.688. The van der Waals surface area contributed by atoms with E-state index in [2.05, 4.69) is 14.7 Å². The Balaban J connectivity index is 2.02. The lowest BCUT2D eigenvalue weighted by Crippen LogP contribution is -2.25. The molecule has 1 fully saturated rings. The molecule has 0 aliphatic carbocycles. The second-order valence-electron chi connectivity index (χ2n) is 4.54. The number of aromatic nitrogens is 2. The maximum atomic E-state index is 11.4. The largest absolute Gasteiger partial charge is 0.381 e. The van der Waals surface area contributed by atoms with E-state index in [9.17, 15) is 8.42 Å². The summed E-state index contributed by atoms with van der Waals surface area (Å²) in [5.74, 6) is 1.03. The zero-order chi connectivity index (χ0) is 13.7. The van der Waals surface area contributed by atoms with Crippen molar-refractivity contribution in [2.24, 2.45) is 0 Å². The highest BCUT2D eigenvalue weighted by Crippen LogP contribution is 2.22. The van der Waals surface area contributed by atoms with E-state index in [0.717, 1.165) is 25.3 Å². The van der Waals surface area contributed by atoms with E-state index in [4.69, 9.17) is 4.74 Å². The molecule has 1 aromatic heterocycles. The van der Waals surface area contributed by atoms with Crippen LogP contribution in [0.3, 0.4) is 0 Å². The molecular weight excluding hydrogens is 266 g/mol. The van der Waals surface area contributed by atoms with E-state index in [1.807, 2.05) is 0 Å². The lowest BCUT2D eigenvalue weighted by Gasteiger charge is -2.20. The first-order valence-electron chi connectivity index (χ1n) is 6.47. The summed E-state index contributed by atoms with van der Waals surface area (Å²) in [5, 5.41) is 0. The van der Waals surface area contributed by atoms with Gasteiger partial charge in [0, 0.05) is 18.7 Å². The van der Waals surface area contributed by atoms with Crippen molar-refractivity contribution >= 4 is 10.0 Å². The van der Waals surface area contributed by atoms with E-state index >= 15 is 0 Å². The average Bonchev–Trinajstić information content (AvgIpc) is 2.47. The van der Waals surface area contributed by atoms with Gasteiger partial charge in [-0.05, 0) is 25.8 Å². The maximum Gasteiger partial charge on any atom is 0.211 e. The number of sulfonamides is 1. The molecule has 1 N–H and O–H groups in total. The summed E-state index contributed by atoms with van der Waals surface area (Å²) in [7, 11) is -3.19. The fourth-order valence-corrected chi connectivity index (χ4v) is 2.51. The molecule has 0 saturated carbocycles. The van der Waals surface area contributed by atoms with Crippen LogP contribution in [0.1, 0.15) is 37.2 Å². The minimum atomic E-state index is -3.19. The molecule has 6 nitrogen and oxygen atoms in total. The van der Waals surface area contributed by atoms with Crippen molar-refractivity contribution in [3.63, 3.8) is 0 Å². The van der Waals surface area contributed by atoms with Gasteiger partial charge in [0.2, 0.25) is 10.0 Å². The lowest BCUT2D eigenvalue weighted by atomic mass is 10.0. The van der Waals surface area contributed by atoms with Gasteiger partial charge in [-0.2, -0.15) is 0 Å². The third-order valence-corrected chi connectivity index (χ3v) is 4.45. The Morgan fingerprint density at radius 2 is 2.37 bits per heavy atom. The van der Waals surface area contributed by atoms with Crippen LogP contribution in [-0.2, 0) is 21.3 Å². The summed E-state index contributed by atoms with van der Waals surface area (Å²) in [4.78, 5) is 8.68. The first kappa shape index (κ1) is 14.4. The van der Waals surface area contributed by atoms with E-state index in [1.165, 1.54) is 0 Å². The molecule has 0 unspecified atom stereocenters. The SMILES string of the molecule is CCS(=O)(=O)NCc1ccnc([C@@H]2CCCOC2)n1. The third-order valence-electron chi connectivity index (χ3n) is 3.11. The number of hydrogen-bond donors (Lipinski definition) is 1. The molecule has 1 atom stereocenters. The first-order chi connectivity index (χ1) is 9.11. The van der Waals surface area contributed by atoms with Gasteiger partial charge in [-0.15, -0.1) is 0 Å². The molecule has 1 saturated heterocycles. The Kier molecular flexibility index (Phi) is 4.84. The minimum absolute atomic E-state index is 0.0708. The smallest absolute Gasteiger partial charge is 0.211 e. The number of nitrogens with one attached hydrogen (secondary N) is 1. The predicted molar refractivity (Wildman–Crippen MR) is 71.1 cm³/mol. The molecule has 7 heteroatoms. The van der Waals surface area contributed by atoms with Crippen molar-refractivity contribution in [1.29, 1.82) is 0 Å². The first-order valence-corrected chi connectivity index (χ1v) is 8.13. The van der Waals surface area contributed by atoms with E-state index in [0.29, 0.717) is 12.3 Å². The Bertz CT molecular complexity index is 513. The van der Waals surface area contributed by atoms with Crippen LogP contribution < -0.4 is 4.72 Å². The van der Waals surface area contributed by atoms with E-state index < -0.39 is 10.0 Å². The topological polar surface area (TPSA) is 81.2 Å². The normalized spacial score (nSPS) is 20.4. The summed E-state index contributed by atoms with van der Waals surface area (Å²) >= 11 is 0. The second-order valence-corrected chi connectivity index (χ2v) is 6.64. The standard InChI is InChI=1S/C12H19N3O3S/c1-2-19(16,17)14-8-11-5-6-13-12(15-11)10-4-3-7-18-9-10/h5-6,10,14H,2-4,7-9H2,1H3/t10-/m1/s1. The maximum absolute atomic E-state index is 11.4. The molecular formula is C12H19N3O3S. The van der Waals surface area contributed by atoms with Gasteiger partial charge in [0.25, 0.3) is 0 Å². The van der Waals surface area contributed by atoms with Crippen LogP contribution in [0.4, 0.5) is 0 Å². The van der Waals surface area contributed by atoms with E-state index in [1.54, 1.807) is 19.2 Å². The summed E-state index contributed by atoms with van der Waals surface area (Å²) in [6, 6.07) is 1.73. The van der Waals surface area contributed by atoms with Crippen molar-refractivity contribution in [3.8, 4) is 0 Å². The fraction of sp³-hybridized carbons (Fsp3) is 0.667. The molecule has 1 aliphatic rings. The van der Waals surface area contributed by atoms with Crippen LogP contribution in [0.15, 0.2) is 12.3 Å². The van der Waals surface area contributed by atoms with Crippen LogP contribution in [-0.4, -0.2) is 37.4 Å². The van der Waals surface area contributed by atoms with Crippen molar-refractivity contribution in [2.45, 2.75) is 32.2 Å². The van der Waals surface area contributed by atoms with Crippen LogP contribution in [0.2, 0.25) is 0 Å². The highest BCUT2D eigenvalue weighted by molar-refractivity contribution is 7.89. The fourth-order valence-electron chi connectivity index (χ4n) is 1.94. The lowest BCUT2D eigenvalue weighted by molar-refractivity contribution is 0.0780. The van der Waals surface area contributed by atoms with Crippen molar-refractivity contribution in [3.05, 3.63) is 23.8 Å². The third kappa shape index (κ3) is 4.22. The Hall–Kier alpha value is -1.05. The molecule has 0 aromatic carbocycles. The van der Waals surface area contributed by atoms with Gasteiger partial charge >= 0.3 is 0 Å². The monoisotopic (exact) mass is 285 g/mol. The second kappa shape index (κ2) is 6.40. The average molecular weight is 285 g/mol. The van der Waals surface area contributed by atoms with Crippen molar-refractivity contribution in [2.75, 3.05) is 19.0 Å². The van der Waals surface area contributed by atoms with Crippen molar-refractivity contribution in [1.82, 2.24) is 14.7 Å². The van der Waals surface area contributed by atoms with Crippen molar-refractivity contribution < 1.29 is 13.2 Å². The summed E-state index contributed by atoms with van der Waals surface area (Å²) in [6.07, 6.45) is 3.71. The molecule has 2 rings (SSSR count). The predicted octanol–water partition coefficient (Wildman–Crippen LogP) is 0.810. The van der Waals surface area contributed by atoms with Gasteiger partial charge in [-0.3, -0.25) is 0 Å². The van der Waals surface area contributed by atoms with Gasteiger partial charge < -0.3 is 4.74 Å². The zero-order valence-corrected chi connectivity index (χ0v) is 11.8. The highest BCUT2D eigenvalue weighted by Gasteiger charge is 2.19. The molecule has 19 heavy (non-hydrogen) atoms. The quantitative estimate of drug-likeness (QED) is 0.866. The molecule has 1 aromatic rings. The van der Waals surface area contributed by atoms with Gasteiger partial charge in [0.15, 0.2) is 0 Å². The van der Waals surface area contributed by atoms with Crippen LogP contribution in [0.25, 0.3) is 0 Å². The molecule has 0 radical (unpaired) electrons. The van der Waals surface area contributed by atoms with Gasteiger partial charge in [0.05, 0.1) is 24.6 Å². The molecule has 2 heterocycles. The summed E-state index contributed by atoms with van der Waals surface area (Å²) < 4.78 is 30.7. The van der Waals surface area contributed by atoms with Crippen LogP contribution in [0.5, 0.6) is 0 Å². The molecule has 106 valence electrons. The zero-order valence-electron chi connectivity index (χ0n) is 11.0. The number of rotatable bonds is 5. The molecule has 1 aliphatic heterocycles. The summed E-state index contributed by atoms with van der Waals surface area (Å²) in [6.45, 7) is 3.25. The number of hydrogen-bond acceptors (Lipinski definition) is 5. The Morgan fingerprint density at radius 1 is 1.53 bits per heavy atom. The van der Waals surface area contributed by atoms with E-state index in [-0.39, 0.29) is 18.2 Å². The Morgan fingerprint density at radius 3 is 3.05 bits per heavy atom. The van der Waals surface area contributed by atoms with Crippen LogP contribution in [0, 0.1) is 0 Å².